The summed E-state index contributed by atoms with van der Waals surface area (Å²) in [6, 6.07) is 7.66. The molecule has 2 heterocycles. The topological polar surface area (TPSA) is 106 Å². The molecule has 0 spiro atoms. The zero-order valence-corrected chi connectivity index (χ0v) is 19.0. The molecular formula is C21H31N5O4S. The van der Waals surface area contributed by atoms with Gasteiger partial charge in [0, 0.05) is 52.4 Å². The normalized spacial score (nSPS) is 21.1. The van der Waals surface area contributed by atoms with Crippen LogP contribution in [-0.2, 0) is 14.8 Å². The Morgan fingerprint density at radius 1 is 1.19 bits per heavy atom. The van der Waals surface area contributed by atoms with E-state index in [1.165, 1.54) is 28.6 Å². The molecule has 2 fully saturated rings. The van der Waals surface area contributed by atoms with Crippen LogP contribution in [0.1, 0.15) is 19.4 Å². The standard InChI is InChI=1S/C21H31N5O4S/c1-17(2)15-24-11-12-30-19(16-24)14-23-21(27)25-7-9-26(10-8-25)31(28,29)20-5-3-18(13-22)4-6-20/h3-6,17,19H,7-12,14-16H2,1-2H3,(H,23,27)/t19-/m1/s1. The molecule has 1 N–H and O–H groups in total. The Kier molecular flexibility index (Phi) is 7.89. The molecule has 1 aromatic carbocycles. The molecule has 0 unspecified atom stereocenters. The van der Waals surface area contributed by atoms with Gasteiger partial charge in [-0.05, 0) is 30.2 Å². The zero-order valence-electron chi connectivity index (χ0n) is 18.2. The van der Waals surface area contributed by atoms with Gasteiger partial charge < -0.3 is 15.0 Å². The summed E-state index contributed by atoms with van der Waals surface area (Å²) in [4.78, 5) is 16.7. The van der Waals surface area contributed by atoms with Crippen LogP contribution >= 0.6 is 0 Å². The van der Waals surface area contributed by atoms with Crippen molar-refractivity contribution in [1.29, 1.82) is 5.26 Å². The fourth-order valence-corrected chi connectivity index (χ4v) is 5.30. The molecule has 1 aromatic rings. The monoisotopic (exact) mass is 449 g/mol. The lowest BCUT2D eigenvalue weighted by molar-refractivity contribution is -0.0294. The van der Waals surface area contributed by atoms with Gasteiger partial charge in [-0.15, -0.1) is 0 Å². The highest BCUT2D eigenvalue weighted by molar-refractivity contribution is 7.89. The maximum atomic E-state index is 12.8. The number of rotatable bonds is 6. The minimum absolute atomic E-state index is 0.0329. The second-order valence-electron chi connectivity index (χ2n) is 8.36. The van der Waals surface area contributed by atoms with Gasteiger partial charge in [0.05, 0.1) is 29.2 Å². The van der Waals surface area contributed by atoms with Crippen molar-refractivity contribution < 1.29 is 17.9 Å². The SMILES string of the molecule is CC(C)CN1CCO[C@H](CNC(=O)N2CCN(S(=O)(=O)c3ccc(C#N)cc3)CC2)C1. The molecule has 170 valence electrons. The molecule has 0 bridgehead atoms. The van der Waals surface area contributed by atoms with Crippen molar-refractivity contribution in [3.05, 3.63) is 29.8 Å². The van der Waals surface area contributed by atoms with Crippen LogP contribution in [0.5, 0.6) is 0 Å². The number of carbonyl (C=O) groups excluding carboxylic acids is 1. The van der Waals surface area contributed by atoms with Gasteiger partial charge in [0.2, 0.25) is 10.0 Å². The number of hydrogen-bond acceptors (Lipinski definition) is 6. The van der Waals surface area contributed by atoms with Gasteiger partial charge in [0.1, 0.15) is 0 Å². The van der Waals surface area contributed by atoms with E-state index in [1.807, 2.05) is 6.07 Å². The van der Waals surface area contributed by atoms with Crippen LogP contribution < -0.4 is 5.32 Å². The molecule has 2 aliphatic heterocycles. The molecule has 0 aliphatic carbocycles. The zero-order chi connectivity index (χ0) is 22.4. The number of nitrogens with one attached hydrogen (secondary N) is 1. The molecule has 3 rings (SSSR count). The summed E-state index contributed by atoms with van der Waals surface area (Å²) in [5, 5.41) is 11.8. The van der Waals surface area contributed by atoms with Crippen molar-refractivity contribution >= 4 is 16.1 Å². The third-order valence-corrected chi connectivity index (χ3v) is 7.39. The number of carbonyl (C=O) groups is 1. The predicted molar refractivity (Wildman–Crippen MR) is 116 cm³/mol. The first kappa shape index (κ1) is 23.5. The van der Waals surface area contributed by atoms with Crippen LogP contribution in [0.2, 0.25) is 0 Å². The average molecular weight is 450 g/mol. The number of amides is 2. The number of hydrogen-bond donors (Lipinski definition) is 1. The number of ether oxygens (including phenoxy) is 1. The first-order chi connectivity index (χ1) is 14.8. The van der Waals surface area contributed by atoms with Crippen LogP contribution in [0, 0.1) is 17.2 Å². The lowest BCUT2D eigenvalue weighted by Crippen LogP contribution is -2.55. The van der Waals surface area contributed by atoms with Gasteiger partial charge >= 0.3 is 6.03 Å². The quantitative estimate of drug-likeness (QED) is 0.693. The molecule has 31 heavy (non-hydrogen) atoms. The Morgan fingerprint density at radius 2 is 1.87 bits per heavy atom. The first-order valence-electron chi connectivity index (χ1n) is 10.7. The number of urea groups is 1. The van der Waals surface area contributed by atoms with Crippen LogP contribution in [0.3, 0.4) is 0 Å². The van der Waals surface area contributed by atoms with Crippen LogP contribution in [0.25, 0.3) is 0 Å². The second-order valence-corrected chi connectivity index (χ2v) is 10.3. The highest BCUT2D eigenvalue weighted by Crippen LogP contribution is 2.18. The maximum Gasteiger partial charge on any atom is 0.317 e. The van der Waals surface area contributed by atoms with E-state index in [0.717, 1.165) is 19.6 Å². The molecule has 10 heteroatoms. The Balaban J connectivity index is 1.46. The number of benzene rings is 1. The van der Waals surface area contributed by atoms with Gasteiger partial charge in [-0.2, -0.15) is 9.57 Å². The lowest BCUT2D eigenvalue weighted by atomic mass is 10.2. The highest BCUT2D eigenvalue weighted by atomic mass is 32.2. The van der Waals surface area contributed by atoms with Gasteiger partial charge in [0.25, 0.3) is 0 Å². The minimum Gasteiger partial charge on any atom is -0.374 e. The molecule has 0 aromatic heterocycles. The van der Waals surface area contributed by atoms with Crippen molar-refractivity contribution in [3.63, 3.8) is 0 Å². The van der Waals surface area contributed by atoms with Gasteiger partial charge in [-0.3, -0.25) is 4.90 Å². The fourth-order valence-electron chi connectivity index (χ4n) is 3.88. The smallest absolute Gasteiger partial charge is 0.317 e. The summed E-state index contributed by atoms with van der Waals surface area (Å²) in [6.45, 7) is 9.34. The molecule has 1 atom stereocenters. The summed E-state index contributed by atoms with van der Waals surface area (Å²) in [7, 11) is -3.64. The number of nitrogens with zero attached hydrogens (tertiary/aromatic N) is 4. The van der Waals surface area contributed by atoms with Gasteiger partial charge in [-0.25, -0.2) is 13.2 Å². The number of piperazine rings is 1. The summed E-state index contributed by atoms with van der Waals surface area (Å²) in [5.74, 6) is 0.588. The maximum absolute atomic E-state index is 12.8. The van der Waals surface area contributed by atoms with Crippen LogP contribution in [0.4, 0.5) is 4.79 Å². The van der Waals surface area contributed by atoms with E-state index in [4.69, 9.17) is 10.00 Å². The largest absolute Gasteiger partial charge is 0.374 e. The van der Waals surface area contributed by atoms with Crippen LogP contribution in [-0.4, -0.2) is 93.6 Å². The van der Waals surface area contributed by atoms with Gasteiger partial charge in [-0.1, -0.05) is 13.8 Å². The van der Waals surface area contributed by atoms with E-state index in [9.17, 15) is 13.2 Å². The Labute approximate surface area is 184 Å². The van der Waals surface area contributed by atoms with E-state index in [0.29, 0.717) is 37.7 Å². The van der Waals surface area contributed by atoms with Crippen molar-refractivity contribution in [3.8, 4) is 6.07 Å². The lowest BCUT2D eigenvalue weighted by Gasteiger charge is -2.36. The van der Waals surface area contributed by atoms with Crippen molar-refractivity contribution in [2.45, 2.75) is 24.8 Å². The molecule has 0 saturated carbocycles. The van der Waals surface area contributed by atoms with Crippen molar-refractivity contribution in [2.75, 3.05) is 59.0 Å². The molecule has 9 nitrogen and oxygen atoms in total. The molecule has 2 aliphatic rings. The van der Waals surface area contributed by atoms with Gasteiger partial charge in [0.15, 0.2) is 0 Å². The molecule has 0 radical (unpaired) electrons. The van der Waals surface area contributed by atoms with Crippen LogP contribution in [0.15, 0.2) is 29.2 Å². The Morgan fingerprint density at radius 3 is 2.48 bits per heavy atom. The first-order valence-corrected chi connectivity index (χ1v) is 12.1. The number of sulfonamides is 1. The summed E-state index contributed by atoms with van der Waals surface area (Å²) < 4.78 is 32.8. The highest BCUT2D eigenvalue weighted by Gasteiger charge is 2.30. The molecule has 2 amide bonds. The van der Waals surface area contributed by atoms with E-state index in [-0.39, 0.29) is 30.1 Å². The number of nitriles is 1. The van der Waals surface area contributed by atoms with E-state index < -0.39 is 10.0 Å². The third-order valence-electron chi connectivity index (χ3n) is 5.47. The second kappa shape index (κ2) is 10.4. The fraction of sp³-hybridized carbons (Fsp3) is 0.619. The third kappa shape index (κ3) is 6.17. The Hall–Kier alpha value is -2.19. The summed E-state index contributed by atoms with van der Waals surface area (Å²) in [5.41, 5.74) is 0.412. The van der Waals surface area contributed by atoms with E-state index >= 15 is 0 Å². The van der Waals surface area contributed by atoms with Crippen molar-refractivity contribution in [1.82, 2.24) is 19.4 Å². The average Bonchev–Trinajstić information content (AvgIpc) is 2.77. The predicted octanol–water partition coefficient (Wildman–Crippen LogP) is 0.931. The number of morpholine rings is 1. The minimum atomic E-state index is -3.64. The molecule has 2 saturated heterocycles. The Bertz CT molecular complexity index is 889. The summed E-state index contributed by atoms with van der Waals surface area (Å²) in [6.07, 6.45) is -0.0329. The van der Waals surface area contributed by atoms with E-state index in [1.54, 1.807) is 4.90 Å². The van der Waals surface area contributed by atoms with Crippen molar-refractivity contribution in [2.24, 2.45) is 5.92 Å². The summed E-state index contributed by atoms with van der Waals surface area (Å²) >= 11 is 0. The van der Waals surface area contributed by atoms with E-state index in [2.05, 4.69) is 24.1 Å². The molecular weight excluding hydrogens is 418 g/mol.